The van der Waals surface area contributed by atoms with Gasteiger partial charge in [0.05, 0.1) is 0 Å². The predicted molar refractivity (Wildman–Crippen MR) is 66.5 cm³/mol. The van der Waals surface area contributed by atoms with E-state index in [4.69, 9.17) is 29.9 Å². The van der Waals surface area contributed by atoms with E-state index < -0.39 is 47.1 Å². The summed E-state index contributed by atoms with van der Waals surface area (Å²) in [5.41, 5.74) is 5.11. The second-order valence-electron chi connectivity index (χ2n) is 3.56. The maximum atomic E-state index is 8.50. The van der Waals surface area contributed by atoms with E-state index in [1.165, 1.54) is 31.4 Å². The van der Waals surface area contributed by atoms with Crippen molar-refractivity contribution in [3.63, 3.8) is 0 Å². The summed E-state index contributed by atoms with van der Waals surface area (Å²) in [5.74, 6) is 0.0355. The van der Waals surface area contributed by atoms with Crippen LogP contribution in [0.1, 0.15) is 19.3 Å². The van der Waals surface area contributed by atoms with E-state index in [2.05, 4.69) is 10.3 Å². The SMILES string of the molecule is Cl.N=C(N)NC(=N)N[SiH]1CCCCC1.[O]=[Ti]=[O].[O]=[Ti]=[O]. The summed E-state index contributed by atoms with van der Waals surface area (Å²) in [5, 5.41) is 16.8. The average Bonchev–Trinajstić information content (AvgIpc) is 2.31. The van der Waals surface area contributed by atoms with Gasteiger partial charge in [0.15, 0.2) is 11.9 Å². The Hall–Kier alpha value is -0.125. The molecule has 9 nitrogen and oxygen atoms in total. The molecule has 1 rings (SSSR count). The van der Waals surface area contributed by atoms with Crippen molar-refractivity contribution in [1.29, 1.82) is 10.8 Å². The van der Waals surface area contributed by atoms with Gasteiger partial charge in [-0.15, -0.1) is 12.4 Å². The van der Waals surface area contributed by atoms with E-state index in [0.29, 0.717) is 0 Å². The summed E-state index contributed by atoms with van der Waals surface area (Å²) in [6.07, 6.45) is 3.91. The van der Waals surface area contributed by atoms with Crippen LogP contribution in [0.25, 0.3) is 0 Å². The topological polar surface area (TPSA) is 166 Å². The second-order valence-corrected chi connectivity index (χ2v) is 6.92. The molecule has 0 bridgehead atoms. The van der Waals surface area contributed by atoms with Gasteiger partial charge in [0, 0.05) is 0 Å². The summed E-state index contributed by atoms with van der Waals surface area (Å²) in [6.45, 7) is 0. The number of rotatable bonds is 1. The summed E-state index contributed by atoms with van der Waals surface area (Å²) in [7, 11) is -0.932. The van der Waals surface area contributed by atoms with Crippen LogP contribution in [0.3, 0.4) is 0 Å². The monoisotopic (exact) mass is 395 g/mol. The van der Waals surface area contributed by atoms with Gasteiger partial charge >= 0.3 is 51.5 Å². The van der Waals surface area contributed by atoms with Gasteiger partial charge in [0.1, 0.15) is 8.96 Å². The number of halogens is 1. The van der Waals surface area contributed by atoms with Crippen molar-refractivity contribution < 1.29 is 51.5 Å². The standard InChI is InChI=1S/C7H17N5Si.ClH.4O.2Ti/c8-6(9)11-7(10)12-13-4-2-1-3-5-13;;;;;;;/h13H,1-5H2,(H6,8,9,10,11,12);1H;;;;;;. The predicted octanol–water partition coefficient (Wildman–Crippen LogP) is -0.157. The van der Waals surface area contributed by atoms with Gasteiger partial charge in [-0.1, -0.05) is 19.3 Å². The molecule has 1 fully saturated rings. The van der Waals surface area contributed by atoms with Gasteiger partial charge < -0.3 is 10.7 Å². The van der Waals surface area contributed by atoms with Crippen molar-refractivity contribution >= 4 is 33.3 Å². The molecule has 1 saturated heterocycles. The molecular formula is C7H18ClN5O4SiTi2. The number of hydrogen-bond acceptors (Lipinski definition) is 6. The summed E-state index contributed by atoms with van der Waals surface area (Å²) in [4.78, 5) is 3.14. The van der Waals surface area contributed by atoms with Gasteiger partial charge in [-0.3, -0.25) is 16.1 Å². The number of nitrogens with two attached hydrogens (primary N) is 1. The summed E-state index contributed by atoms with van der Waals surface area (Å²) in [6, 6.07) is 2.50. The van der Waals surface area contributed by atoms with Crippen molar-refractivity contribution in [2.24, 2.45) is 5.73 Å². The molecule has 0 atom stereocenters. The molecule has 114 valence electrons. The molecule has 1 heterocycles. The molecule has 0 radical (unpaired) electrons. The summed E-state index contributed by atoms with van der Waals surface area (Å²) >= 11 is -4.00. The van der Waals surface area contributed by atoms with E-state index in [1.54, 1.807) is 0 Å². The minimum atomic E-state index is -2.00. The van der Waals surface area contributed by atoms with Crippen molar-refractivity contribution in [2.45, 2.75) is 31.4 Å². The molecule has 0 aromatic rings. The first-order chi connectivity index (χ1) is 9.01. The Bertz CT molecular complexity index is 345. The van der Waals surface area contributed by atoms with Crippen LogP contribution >= 0.6 is 12.4 Å². The van der Waals surface area contributed by atoms with E-state index in [9.17, 15) is 0 Å². The summed E-state index contributed by atoms with van der Waals surface area (Å²) < 4.78 is 34.0. The van der Waals surface area contributed by atoms with E-state index >= 15 is 0 Å². The van der Waals surface area contributed by atoms with Crippen LogP contribution in [-0.4, -0.2) is 20.9 Å². The van der Waals surface area contributed by atoms with Crippen LogP contribution in [0.5, 0.6) is 0 Å². The molecule has 0 saturated carbocycles. The molecule has 20 heavy (non-hydrogen) atoms. The Morgan fingerprint density at radius 2 is 1.40 bits per heavy atom. The quantitative estimate of drug-likeness (QED) is 0.234. The van der Waals surface area contributed by atoms with Gasteiger partial charge in [0.25, 0.3) is 0 Å². The Morgan fingerprint density at radius 1 is 1.00 bits per heavy atom. The third-order valence-electron chi connectivity index (χ3n) is 2.21. The van der Waals surface area contributed by atoms with Crippen molar-refractivity contribution in [2.75, 3.05) is 0 Å². The van der Waals surface area contributed by atoms with Crippen molar-refractivity contribution in [3.8, 4) is 0 Å². The minimum absolute atomic E-state index is 0. The third kappa shape index (κ3) is 20.2. The average molecular weight is 396 g/mol. The molecular weight excluding hydrogens is 377 g/mol. The first kappa shape index (κ1) is 24.9. The molecule has 0 spiro atoms. The van der Waals surface area contributed by atoms with Crippen LogP contribution < -0.4 is 16.0 Å². The fraction of sp³-hybridized carbons (Fsp3) is 0.714. The Labute approximate surface area is 142 Å². The number of guanidine groups is 2. The zero-order valence-corrected chi connectivity index (χ0v) is 15.8. The maximum absolute atomic E-state index is 8.50. The first-order valence-electron chi connectivity index (χ1n) is 5.46. The zero-order valence-electron chi connectivity index (χ0n) is 10.7. The van der Waals surface area contributed by atoms with Gasteiger partial charge in [0.2, 0.25) is 0 Å². The molecule has 0 aromatic heterocycles. The molecule has 1 aliphatic heterocycles. The Kier molecular flexibility index (Phi) is 23.5. The van der Waals surface area contributed by atoms with Gasteiger partial charge in [-0.05, 0) is 12.1 Å². The van der Waals surface area contributed by atoms with Gasteiger partial charge in [-0.2, -0.15) is 0 Å². The second kappa shape index (κ2) is 18.9. The van der Waals surface area contributed by atoms with E-state index in [-0.39, 0.29) is 24.3 Å². The van der Waals surface area contributed by atoms with Crippen LogP contribution in [0.15, 0.2) is 0 Å². The van der Waals surface area contributed by atoms with Crippen molar-refractivity contribution in [3.05, 3.63) is 0 Å². The van der Waals surface area contributed by atoms with Crippen LogP contribution in [0.2, 0.25) is 12.1 Å². The van der Waals surface area contributed by atoms with E-state index in [1.807, 2.05) is 0 Å². The molecule has 0 amide bonds. The Balaban J connectivity index is -0.000000356. The fourth-order valence-electron chi connectivity index (χ4n) is 1.62. The number of nitrogens with one attached hydrogen (secondary N) is 4. The normalized spacial score (nSPS) is 12.4. The Morgan fingerprint density at radius 3 is 1.75 bits per heavy atom. The van der Waals surface area contributed by atoms with Crippen LogP contribution in [-0.2, 0) is 51.5 Å². The fourth-order valence-corrected chi connectivity index (χ4v) is 4.24. The first-order valence-corrected chi connectivity index (χ1v) is 10.2. The van der Waals surface area contributed by atoms with Gasteiger partial charge in [-0.25, -0.2) is 0 Å². The molecule has 1 aliphatic rings. The molecule has 0 unspecified atom stereocenters. The van der Waals surface area contributed by atoms with Crippen molar-refractivity contribution in [1.82, 2.24) is 10.3 Å². The molecule has 0 aliphatic carbocycles. The zero-order chi connectivity index (χ0) is 15.1. The van der Waals surface area contributed by atoms with Crippen LogP contribution in [0.4, 0.5) is 0 Å². The van der Waals surface area contributed by atoms with E-state index in [0.717, 1.165) is 0 Å². The van der Waals surface area contributed by atoms with Crippen LogP contribution in [0, 0.1) is 10.8 Å². The molecule has 13 heteroatoms. The third-order valence-corrected chi connectivity index (χ3v) is 5.12. The number of hydrogen-bond donors (Lipinski definition) is 5. The molecule has 6 N–H and O–H groups in total. The molecule has 0 aromatic carbocycles.